The molecule has 0 aliphatic rings. The van der Waals surface area contributed by atoms with Crippen molar-refractivity contribution in [3.05, 3.63) is 28.8 Å². The molecule has 0 aliphatic heterocycles. The van der Waals surface area contributed by atoms with Gasteiger partial charge < -0.3 is 0 Å². The minimum atomic E-state index is 0.366. The van der Waals surface area contributed by atoms with E-state index >= 15 is 0 Å². The number of rotatable bonds is 2. The third kappa shape index (κ3) is 2.44. The first kappa shape index (κ1) is 9.52. The van der Waals surface area contributed by atoms with Crippen molar-refractivity contribution in [1.82, 2.24) is 5.48 Å². The number of nitriles is 1. The van der Waals surface area contributed by atoms with Crippen LogP contribution in [-0.2, 0) is 0 Å². The number of nitrogens with one attached hydrogen (secondary N) is 1. The molecule has 4 nitrogen and oxygen atoms in total. The van der Waals surface area contributed by atoms with Crippen LogP contribution in [0.25, 0.3) is 0 Å². The molecular formula is C8H6ClN3O. The van der Waals surface area contributed by atoms with Crippen molar-refractivity contribution >= 4 is 23.6 Å². The monoisotopic (exact) mass is 195 g/mol. The van der Waals surface area contributed by atoms with Crippen LogP contribution in [0.3, 0.4) is 0 Å². The van der Waals surface area contributed by atoms with Gasteiger partial charge in [0.15, 0.2) is 0 Å². The van der Waals surface area contributed by atoms with Crippen molar-refractivity contribution in [2.45, 2.75) is 0 Å². The Kier molecular flexibility index (Phi) is 3.26. The smallest absolute Gasteiger partial charge is 0.113 e. The molecule has 0 bridgehead atoms. The summed E-state index contributed by atoms with van der Waals surface area (Å²) in [4.78, 5) is 3.77. The number of hydroxylamine groups is 1. The molecule has 0 saturated heterocycles. The molecule has 66 valence electrons. The van der Waals surface area contributed by atoms with Gasteiger partial charge in [-0.25, -0.2) is 4.99 Å². The maximum atomic E-state index is 8.53. The van der Waals surface area contributed by atoms with Crippen molar-refractivity contribution in [3.63, 3.8) is 0 Å². The maximum Gasteiger partial charge on any atom is 0.113 e. The quantitative estimate of drug-likeness (QED) is 0.430. The molecule has 13 heavy (non-hydrogen) atoms. The summed E-state index contributed by atoms with van der Waals surface area (Å²) in [7, 11) is 0. The molecule has 1 aromatic carbocycles. The predicted octanol–water partition coefficient (Wildman–Crippen LogP) is 1.85. The van der Waals surface area contributed by atoms with E-state index in [1.165, 1.54) is 6.07 Å². The zero-order valence-electron chi connectivity index (χ0n) is 6.53. The van der Waals surface area contributed by atoms with E-state index in [1.54, 1.807) is 17.6 Å². The summed E-state index contributed by atoms with van der Waals surface area (Å²) in [5, 5.41) is 17.1. The van der Waals surface area contributed by atoms with E-state index in [4.69, 9.17) is 22.1 Å². The fourth-order valence-corrected chi connectivity index (χ4v) is 1.01. The molecule has 0 fully saturated rings. The normalized spacial score (nSPS) is 9.92. The Hall–Kier alpha value is -1.57. The molecule has 2 N–H and O–H groups in total. The second-order valence-electron chi connectivity index (χ2n) is 2.17. The standard InChI is InChI=1S/C8H6ClN3O/c9-7-3-6(4-10)1-2-8(7)11-5-12-13/h1-3,5,13H,(H,11,12). The molecule has 1 aromatic rings. The molecular weight excluding hydrogens is 190 g/mol. The Balaban J connectivity index is 3.00. The molecule has 0 unspecified atom stereocenters. The highest BCUT2D eigenvalue weighted by atomic mass is 35.5. The third-order valence-electron chi connectivity index (χ3n) is 1.34. The Bertz CT molecular complexity index is 370. The van der Waals surface area contributed by atoms with Crippen LogP contribution in [0.4, 0.5) is 5.69 Å². The van der Waals surface area contributed by atoms with Gasteiger partial charge in [0, 0.05) is 0 Å². The summed E-state index contributed by atoms with van der Waals surface area (Å²) in [5.41, 5.74) is 2.72. The van der Waals surface area contributed by atoms with Crippen molar-refractivity contribution in [1.29, 1.82) is 5.26 Å². The second kappa shape index (κ2) is 4.45. The van der Waals surface area contributed by atoms with Crippen LogP contribution in [-0.4, -0.2) is 11.5 Å². The van der Waals surface area contributed by atoms with Gasteiger partial charge in [-0.3, -0.25) is 10.7 Å². The van der Waals surface area contributed by atoms with E-state index in [1.807, 2.05) is 6.07 Å². The number of nitrogens with zero attached hydrogens (tertiary/aromatic N) is 2. The molecule has 0 atom stereocenters. The van der Waals surface area contributed by atoms with E-state index in [-0.39, 0.29) is 0 Å². The van der Waals surface area contributed by atoms with E-state index < -0.39 is 0 Å². The molecule has 1 rings (SSSR count). The second-order valence-corrected chi connectivity index (χ2v) is 2.57. The Labute approximate surface area is 80.1 Å². The fourth-order valence-electron chi connectivity index (χ4n) is 0.780. The van der Waals surface area contributed by atoms with Crippen LogP contribution in [0, 0.1) is 11.3 Å². The average Bonchev–Trinajstić information content (AvgIpc) is 2.16. The molecule has 0 saturated carbocycles. The van der Waals surface area contributed by atoms with E-state index in [0.717, 1.165) is 6.34 Å². The fraction of sp³-hybridized carbons (Fsp3) is 0. The first-order chi connectivity index (χ1) is 6.27. The van der Waals surface area contributed by atoms with Crippen LogP contribution >= 0.6 is 11.6 Å². The summed E-state index contributed by atoms with van der Waals surface area (Å²) < 4.78 is 0. The summed E-state index contributed by atoms with van der Waals surface area (Å²) in [6.07, 6.45) is 1.09. The van der Waals surface area contributed by atoms with Gasteiger partial charge in [-0.05, 0) is 18.2 Å². The first-order valence-corrected chi connectivity index (χ1v) is 3.77. The van der Waals surface area contributed by atoms with Gasteiger partial charge in [0.2, 0.25) is 0 Å². The van der Waals surface area contributed by atoms with Gasteiger partial charge in [0.1, 0.15) is 6.34 Å². The van der Waals surface area contributed by atoms with Crippen molar-refractivity contribution in [3.8, 4) is 6.07 Å². The average molecular weight is 196 g/mol. The number of hydrogen-bond donors (Lipinski definition) is 2. The largest absolute Gasteiger partial charge is 0.290 e. The highest BCUT2D eigenvalue weighted by Crippen LogP contribution is 2.24. The van der Waals surface area contributed by atoms with Gasteiger partial charge in [0.05, 0.1) is 22.3 Å². The molecule has 0 radical (unpaired) electrons. The van der Waals surface area contributed by atoms with E-state index in [0.29, 0.717) is 16.3 Å². The molecule has 5 heteroatoms. The lowest BCUT2D eigenvalue weighted by atomic mass is 10.2. The molecule has 0 heterocycles. The molecule has 0 amide bonds. The lowest BCUT2D eigenvalue weighted by molar-refractivity contribution is 0.240. The van der Waals surface area contributed by atoms with Gasteiger partial charge in [-0.2, -0.15) is 5.26 Å². The Morgan fingerprint density at radius 1 is 1.62 bits per heavy atom. The third-order valence-corrected chi connectivity index (χ3v) is 1.64. The van der Waals surface area contributed by atoms with Crippen LogP contribution in [0.15, 0.2) is 23.2 Å². The van der Waals surface area contributed by atoms with E-state index in [9.17, 15) is 0 Å². The lowest BCUT2D eigenvalue weighted by Gasteiger charge is -1.96. The van der Waals surface area contributed by atoms with Gasteiger partial charge in [-0.1, -0.05) is 11.6 Å². The molecule has 0 aliphatic carbocycles. The minimum absolute atomic E-state index is 0.366. The zero-order chi connectivity index (χ0) is 9.68. The lowest BCUT2D eigenvalue weighted by Crippen LogP contribution is -2.00. The number of halogens is 1. The Morgan fingerprint density at radius 2 is 2.38 bits per heavy atom. The molecule has 0 aromatic heterocycles. The Morgan fingerprint density at radius 3 is 2.92 bits per heavy atom. The van der Waals surface area contributed by atoms with Crippen molar-refractivity contribution in [2.24, 2.45) is 4.99 Å². The molecule has 0 spiro atoms. The minimum Gasteiger partial charge on any atom is -0.290 e. The van der Waals surface area contributed by atoms with Gasteiger partial charge >= 0.3 is 0 Å². The van der Waals surface area contributed by atoms with Crippen LogP contribution in [0.5, 0.6) is 0 Å². The summed E-state index contributed by atoms with van der Waals surface area (Å²) >= 11 is 5.77. The summed E-state index contributed by atoms with van der Waals surface area (Å²) in [5.74, 6) is 0. The zero-order valence-corrected chi connectivity index (χ0v) is 7.28. The summed E-state index contributed by atoms with van der Waals surface area (Å²) in [6, 6.07) is 6.64. The number of aliphatic imine (C=N–C) groups is 1. The first-order valence-electron chi connectivity index (χ1n) is 3.39. The SMILES string of the molecule is N#Cc1ccc(N=CNO)c(Cl)c1. The van der Waals surface area contributed by atoms with Gasteiger partial charge in [-0.15, -0.1) is 0 Å². The highest BCUT2D eigenvalue weighted by Gasteiger charge is 1.98. The highest BCUT2D eigenvalue weighted by molar-refractivity contribution is 6.33. The maximum absolute atomic E-state index is 8.53. The van der Waals surface area contributed by atoms with Crippen molar-refractivity contribution < 1.29 is 5.21 Å². The van der Waals surface area contributed by atoms with Crippen LogP contribution < -0.4 is 5.48 Å². The topological polar surface area (TPSA) is 68.4 Å². The summed E-state index contributed by atoms with van der Waals surface area (Å²) in [6.45, 7) is 0. The van der Waals surface area contributed by atoms with Crippen LogP contribution in [0.1, 0.15) is 5.56 Å². The number of hydrogen-bond acceptors (Lipinski definition) is 3. The predicted molar refractivity (Wildman–Crippen MR) is 49.2 cm³/mol. The van der Waals surface area contributed by atoms with E-state index in [2.05, 4.69) is 4.99 Å². The number of benzene rings is 1. The van der Waals surface area contributed by atoms with Gasteiger partial charge in [0.25, 0.3) is 0 Å². The van der Waals surface area contributed by atoms with Crippen molar-refractivity contribution in [2.75, 3.05) is 0 Å². The van der Waals surface area contributed by atoms with Crippen LogP contribution in [0.2, 0.25) is 5.02 Å².